The van der Waals surface area contributed by atoms with Crippen molar-refractivity contribution in [3.05, 3.63) is 59.7 Å². The van der Waals surface area contributed by atoms with Crippen LogP contribution in [0.1, 0.15) is 22.8 Å². The van der Waals surface area contributed by atoms with Crippen molar-refractivity contribution in [1.29, 1.82) is 0 Å². The third-order valence-electron chi connectivity index (χ3n) is 2.87. The standard InChI is InChI=1S/C16H16N2O2/c1-2-12-5-3-7-14(9-12)17-16(20)18-15-8-4-6-13(10-15)11-19/h3-11H,2H2,1H3,(H2,17,18,20). The number of rotatable bonds is 4. The normalized spacial score (nSPS) is 9.85. The molecule has 0 aromatic heterocycles. The first kappa shape index (κ1) is 13.8. The zero-order chi connectivity index (χ0) is 14.4. The molecule has 0 aliphatic carbocycles. The van der Waals surface area contributed by atoms with Crippen LogP contribution in [0.25, 0.3) is 0 Å². The average Bonchev–Trinajstić information content (AvgIpc) is 2.47. The molecule has 20 heavy (non-hydrogen) atoms. The lowest BCUT2D eigenvalue weighted by Crippen LogP contribution is -2.19. The molecule has 2 aromatic carbocycles. The lowest BCUT2D eigenvalue weighted by molar-refractivity contribution is 0.112. The molecule has 2 N–H and O–H groups in total. The third kappa shape index (κ3) is 3.68. The highest BCUT2D eigenvalue weighted by atomic mass is 16.2. The maximum atomic E-state index is 11.9. The van der Waals surface area contributed by atoms with Crippen molar-refractivity contribution in [3.8, 4) is 0 Å². The second-order valence-corrected chi connectivity index (χ2v) is 4.38. The summed E-state index contributed by atoms with van der Waals surface area (Å²) in [6.45, 7) is 2.06. The Balaban J connectivity index is 2.02. The number of nitrogens with one attached hydrogen (secondary N) is 2. The van der Waals surface area contributed by atoms with Crippen molar-refractivity contribution in [2.45, 2.75) is 13.3 Å². The SMILES string of the molecule is CCc1cccc(NC(=O)Nc2cccc(C=O)c2)c1. The summed E-state index contributed by atoms with van der Waals surface area (Å²) < 4.78 is 0. The number of anilines is 2. The number of aldehydes is 1. The minimum atomic E-state index is -0.332. The molecule has 102 valence electrons. The molecule has 0 spiro atoms. The molecule has 0 heterocycles. The van der Waals surface area contributed by atoms with Gasteiger partial charge in [0, 0.05) is 16.9 Å². The van der Waals surface area contributed by atoms with Gasteiger partial charge in [0.1, 0.15) is 6.29 Å². The van der Waals surface area contributed by atoms with E-state index in [1.807, 2.05) is 24.3 Å². The van der Waals surface area contributed by atoms with Gasteiger partial charge in [-0.25, -0.2) is 4.79 Å². The maximum Gasteiger partial charge on any atom is 0.323 e. The molecule has 0 atom stereocenters. The molecular weight excluding hydrogens is 252 g/mol. The number of urea groups is 1. The number of benzene rings is 2. The van der Waals surface area contributed by atoms with Gasteiger partial charge in [0.15, 0.2) is 0 Å². The second-order valence-electron chi connectivity index (χ2n) is 4.38. The van der Waals surface area contributed by atoms with Crippen LogP contribution >= 0.6 is 0 Å². The van der Waals surface area contributed by atoms with E-state index in [-0.39, 0.29) is 6.03 Å². The number of hydrogen-bond donors (Lipinski definition) is 2. The topological polar surface area (TPSA) is 58.2 Å². The number of carbonyl (C=O) groups excluding carboxylic acids is 2. The Kier molecular flexibility index (Phi) is 4.50. The monoisotopic (exact) mass is 268 g/mol. The quantitative estimate of drug-likeness (QED) is 0.830. The molecule has 0 saturated heterocycles. The molecule has 2 amide bonds. The number of carbonyl (C=O) groups is 2. The molecular formula is C16H16N2O2. The van der Waals surface area contributed by atoms with Crippen molar-refractivity contribution in [2.75, 3.05) is 10.6 Å². The smallest absolute Gasteiger partial charge is 0.308 e. The van der Waals surface area contributed by atoms with E-state index in [4.69, 9.17) is 0 Å². The Morgan fingerprint density at radius 1 is 1.05 bits per heavy atom. The van der Waals surface area contributed by atoms with Crippen LogP contribution in [0.4, 0.5) is 16.2 Å². The van der Waals surface area contributed by atoms with Crippen molar-refractivity contribution < 1.29 is 9.59 Å². The van der Waals surface area contributed by atoms with Crippen LogP contribution in [0.15, 0.2) is 48.5 Å². The van der Waals surface area contributed by atoms with E-state index in [0.29, 0.717) is 11.3 Å². The van der Waals surface area contributed by atoms with E-state index in [1.54, 1.807) is 24.3 Å². The number of aryl methyl sites for hydroxylation is 1. The molecule has 0 aliphatic rings. The summed E-state index contributed by atoms with van der Waals surface area (Å²) in [5, 5.41) is 5.46. The van der Waals surface area contributed by atoms with Gasteiger partial charge >= 0.3 is 6.03 Å². The average molecular weight is 268 g/mol. The highest BCUT2D eigenvalue weighted by Gasteiger charge is 2.03. The third-order valence-corrected chi connectivity index (χ3v) is 2.87. The van der Waals surface area contributed by atoms with Gasteiger partial charge in [-0.1, -0.05) is 31.2 Å². The molecule has 0 unspecified atom stereocenters. The summed E-state index contributed by atoms with van der Waals surface area (Å²) in [6, 6.07) is 14.1. The summed E-state index contributed by atoms with van der Waals surface area (Å²) >= 11 is 0. The first-order valence-corrected chi connectivity index (χ1v) is 6.43. The van der Waals surface area contributed by atoms with Gasteiger partial charge in [-0.3, -0.25) is 4.79 Å². The van der Waals surface area contributed by atoms with Crippen LogP contribution in [0, 0.1) is 0 Å². The van der Waals surface area contributed by atoms with E-state index in [0.717, 1.165) is 24.0 Å². The largest absolute Gasteiger partial charge is 0.323 e. The lowest BCUT2D eigenvalue weighted by atomic mass is 10.1. The molecule has 4 nitrogen and oxygen atoms in total. The number of hydrogen-bond acceptors (Lipinski definition) is 2. The molecule has 4 heteroatoms. The minimum absolute atomic E-state index is 0.332. The molecule has 0 fully saturated rings. The lowest BCUT2D eigenvalue weighted by Gasteiger charge is -2.09. The fourth-order valence-electron chi connectivity index (χ4n) is 1.85. The summed E-state index contributed by atoms with van der Waals surface area (Å²) in [4.78, 5) is 22.5. The van der Waals surface area contributed by atoms with Gasteiger partial charge in [0.25, 0.3) is 0 Å². The van der Waals surface area contributed by atoms with Crippen LogP contribution in [0.2, 0.25) is 0 Å². The summed E-state index contributed by atoms with van der Waals surface area (Å²) in [5.41, 5.74) is 3.01. The zero-order valence-corrected chi connectivity index (χ0v) is 11.2. The molecule has 0 bridgehead atoms. The highest BCUT2D eigenvalue weighted by Crippen LogP contribution is 2.13. The molecule has 2 rings (SSSR count). The summed E-state index contributed by atoms with van der Waals surface area (Å²) in [6.07, 6.45) is 1.66. The van der Waals surface area contributed by atoms with Crippen LogP contribution < -0.4 is 10.6 Å². The Labute approximate surface area is 117 Å². The van der Waals surface area contributed by atoms with Gasteiger partial charge in [0.05, 0.1) is 0 Å². The molecule has 0 saturated carbocycles. The van der Waals surface area contributed by atoms with Crippen molar-refractivity contribution in [2.24, 2.45) is 0 Å². The van der Waals surface area contributed by atoms with Crippen molar-refractivity contribution in [3.63, 3.8) is 0 Å². The van der Waals surface area contributed by atoms with E-state index in [9.17, 15) is 9.59 Å². The van der Waals surface area contributed by atoms with Crippen LogP contribution in [0.3, 0.4) is 0 Å². The Morgan fingerprint density at radius 2 is 1.70 bits per heavy atom. The van der Waals surface area contributed by atoms with Gasteiger partial charge in [-0.05, 0) is 36.2 Å². The molecule has 0 radical (unpaired) electrons. The maximum absolute atomic E-state index is 11.9. The van der Waals surface area contributed by atoms with Gasteiger partial charge in [0.2, 0.25) is 0 Å². The predicted molar refractivity (Wildman–Crippen MR) is 80.3 cm³/mol. The van der Waals surface area contributed by atoms with E-state index < -0.39 is 0 Å². The second kappa shape index (κ2) is 6.52. The first-order chi connectivity index (χ1) is 9.71. The first-order valence-electron chi connectivity index (χ1n) is 6.43. The summed E-state index contributed by atoms with van der Waals surface area (Å²) in [7, 11) is 0. The predicted octanol–water partition coefficient (Wildman–Crippen LogP) is 3.71. The summed E-state index contributed by atoms with van der Waals surface area (Å²) in [5.74, 6) is 0. The van der Waals surface area contributed by atoms with Crippen molar-refractivity contribution in [1.82, 2.24) is 0 Å². The van der Waals surface area contributed by atoms with Gasteiger partial charge in [-0.15, -0.1) is 0 Å². The minimum Gasteiger partial charge on any atom is -0.308 e. The molecule has 2 aromatic rings. The van der Waals surface area contributed by atoms with E-state index in [1.165, 1.54) is 0 Å². The van der Waals surface area contributed by atoms with Crippen LogP contribution in [-0.4, -0.2) is 12.3 Å². The molecule has 0 aliphatic heterocycles. The van der Waals surface area contributed by atoms with Crippen LogP contribution in [-0.2, 0) is 6.42 Å². The van der Waals surface area contributed by atoms with E-state index in [2.05, 4.69) is 17.6 Å². The van der Waals surface area contributed by atoms with Gasteiger partial charge in [-0.2, -0.15) is 0 Å². The highest BCUT2D eigenvalue weighted by molar-refractivity contribution is 6.00. The zero-order valence-electron chi connectivity index (χ0n) is 11.2. The number of amides is 2. The fraction of sp³-hybridized carbons (Fsp3) is 0.125. The van der Waals surface area contributed by atoms with E-state index >= 15 is 0 Å². The van der Waals surface area contributed by atoms with Crippen molar-refractivity contribution >= 4 is 23.7 Å². The fourth-order valence-corrected chi connectivity index (χ4v) is 1.85. The van der Waals surface area contributed by atoms with Crippen LogP contribution in [0.5, 0.6) is 0 Å². The Morgan fingerprint density at radius 3 is 2.35 bits per heavy atom. The van der Waals surface area contributed by atoms with Gasteiger partial charge < -0.3 is 10.6 Å². The Bertz CT molecular complexity index is 623. The Hall–Kier alpha value is -2.62.